The van der Waals surface area contributed by atoms with Crippen LogP contribution in [0.25, 0.3) is 11.4 Å². The van der Waals surface area contributed by atoms with Crippen molar-refractivity contribution >= 4 is 5.91 Å². The molecule has 3 aromatic rings. The number of rotatable bonds is 2. The maximum absolute atomic E-state index is 14.3. The predicted octanol–water partition coefficient (Wildman–Crippen LogP) is 3.69. The van der Waals surface area contributed by atoms with Crippen LogP contribution in [0.1, 0.15) is 32.8 Å². The van der Waals surface area contributed by atoms with E-state index in [1.54, 1.807) is 36.2 Å². The summed E-state index contributed by atoms with van der Waals surface area (Å²) in [7, 11) is 0. The summed E-state index contributed by atoms with van der Waals surface area (Å²) in [6.07, 6.45) is 2.27. The Kier molecular flexibility index (Phi) is 4.03. The predicted molar refractivity (Wildman–Crippen MR) is 94.1 cm³/mol. The van der Waals surface area contributed by atoms with E-state index in [2.05, 4.69) is 10.1 Å². The number of hydrogen-bond acceptors (Lipinski definition) is 4. The number of carbonyl (C=O) groups excluding carboxylic acids is 1. The molecule has 0 atom stereocenters. The molecule has 0 saturated heterocycles. The van der Waals surface area contributed by atoms with Crippen molar-refractivity contribution in [2.45, 2.75) is 26.8 Å². The fourth-order valence-corrected chi connectivity index (χ4v) is 3.45. The third-order valence-corrected chi connectivity index (χ3v) is 4.86. The second-order valence-corrected chi connectivity index (χ2v) is 6.48. The minimum Gasteiger partial charge on any atom is -0.360 e. The van der Waals surface area contributed by atoms with Gasteiger partial charge in [0.15, 0.2) is 0 Å². The Morgan fingerprint density at radius 2 is 2.04 bits per heavy atom. The molecule has 0 aliphatic carbocycles. The van der Waals surface area contributed by atoms with Gasteiger partial charge in [0.05, 0.1) is 5.69 Å². The summed E-state index contributed by atoms with van der Waals surface area (Å²) in [6.45, 7) is 4.45. The van der Waals surface area contributed by atoms with Crippen molar-refractivity contribution < 1.29 is 13.7 Å². The molecule has 0 saturated carbocycles. The lowest BCUT2D eigenvalue weighted by atomic mass is 9.94. The molecule has 6 heteroatoms. The number of carbonyl (C=O) groups is 1. The number of hydrogen-bond donors (Lipinski definition) is 0. The zero-order valence-electron chi connectivity index (χ0n) is 14.6. The molecule has 0 radical (unpaired) electrons. The molecule has 2 aromatic heterocycles. The van der Waals surface area contributed by atoms with Gasteiger partial charge < -0.3 is 9.42 Å². The van der Waals surface area contributed by atoms with E-state index in [-0.39, 0.29) is 18.3 Å². The van der Waals surface area contributed by atoms with E-state index < -0.39 is 0 Å². The van der Waals surface area contributed by atoms with Crippen molar-refractivity contribution in [2.75, 3.05) is 6.54 Å². The highest BCUT2D eigenvalue weighted by atomic mass is 19.1. The van der Waals surface area contributed by atoms with Crippen molar-refractivity contribution in [2.24, 2.45) is 0 Å². The Bertz CT molecular complexity index is 982. The highest BCUT2D eigenvalue weighted by Crippen LogP contribution is 2.29. The molecule has 1 aliphatic rings. The largest absolute Gasteiger partial charge is 0.360 e. The summed E-state index contributed by atoms with van der Waals surface area (Å²) >= 11 is 0. The number of aromatic nitrogens is 2. The molecule has 4 rings (SSSR count). The van der Waals surface area contributed by atoms with E-state index in [0.29, 0.717) is 41.2 Å². The van der Waals surface area contributed by atoms with Gasteiger partial charge in [0, 0.05) is 24.8 Å². The number of aryl methyl sites for hydroxylation is 2. The van der Waals surface area contributed by atoms with E-state index in [0.717, 1.165) is 11.1 Å². The third kappa shape index (κ3) is 2.67. The number of halogens is 1. The quantitative estimate of drug-likeness (QED) is 0.706. The average molecular weight is 351 g/mol. The number of amides is 1. The van der Waals surface area contributed by atoms with Gasteiger partial charge in [-0.15, -0.1) is 0 Å². The molecule has 0 unspecified atom stereocenters. The molecule has 3 heterocycles. The van der Waals surface area contributed by atoms with Crippen LogP contribution in [0.5, 0.6) is 0 Å². The molecule has 0 N–H and O–H groups in total. The molecular formula is C20H18FN3O2. The molecule has 0 fully saturated rings. The molecule has 0 spiro atoms. The topological polar surface area (TPSA) is 59.2 Å². The Balaban J connectivity index is 1.70. The number of nitrogens with zero attached hydrogens (tertiary/aromatic N) is 3. The number of benzene rings is 1. The maximum Gasteiger partial charge on any atom is 0.260 e. The van der Waals surface area contributed by atoms with Gasteiger partial charge in [0.1, 0.15) is 22.8 Å². The minimum atomic E-state index is -0.268. The van der Waals surface area contributed by atoms with Crippen molar-refractivity contribution in [3.63, 3.8) is 0 Å². The van der Waals surface area contributed by atoms with Crippen LogP contribution in [0.2, 0.25) is 0 Å². The summed E-state index contributed by atoms with van der Waals surface area (Å²) < 4.78 is 19.5. The van der Waals surface area contributed by atoms with E-state index in [1.165, 1.54) is 6.07 Å². The van der Waals surface area contributed by atoms with Crippen molar-refractivity contribution in [1.82, 2.24) is 15.0 Å². The molecule has 1 aliphatic heterocycles. The van der Waals surface area contributed by atoms with Crippen LogP contribution in [0.4, 0.5) is 4.39 Å². The lowest BCUT2D eigenvalue weighted by Gasteiger charge is -2.30. The normalized spacial score (nSPS) is 13.6. The summed E-state index contributed by atoms with van der Waals surface area (Å²) in [6, 6.07) is 8.66. The van der Waals surface area contributed by atoms with Gasteiger partial charge in [-0.05, 0) is 49.6 Å². The molecule has 26 heavy (non-hydrogen) atoms. The Morgan fingerprint density at radius 1 is 1.19 bits per heavy atom. The first-order valence-corrected chi connectivity index (χ1v) is 8.50. The van der Waals surface area contributed by atoms with Crippen molar-refractivity contribution in [3.05, 3.63) is 70.4 Å². The van der Waals surface area contributed by atoms with Crippen LogP contribution in [-0.2, 0) is 13.0 Å². The SMILES string of the molecule is Cc1ccc(F)c2c1CCN(C(=O)c1c(-c3ccccn3)noc1C)C2. The summed E-state index contributed by atoms with van der Waals surface area (Å²) in [5.41, 5.74) is 4.04. The summed E-state index contributed by atoms with van der Waals surface area (Å²) in [4.78, 5) is 19.1. The zero-order chi connectivity index (χ0) is 18.3. The van der Waals surface area contributed by atoms with E-state index >= 15 is 0 Å². The van der Waals surface area contributed by atoms with Gasteiger partial charge in [-0.1, -0.05) is 17.3 Å². The monoisotopic (exact) mass is 351 g/mol. The fourth-order valence-electron chi connectivity index (χ4n) is 3.45. The molecule has 1 aromatic carbocycles. The lowest BCUT2D eigenvalue weighted by Crippen LogP contribution is -2.37. The van der Waals surface area contributed by atoms with E-state index in [1.807, 2.05) is 13.0 Å². The minimum absolute atomic E-state index is 0.212. The molecular weight excluding hydrogens is 333 g/mol. The van der Waals surface area contributed by atoms with Crippen LogP contribution in [0.15, 0.2) is 41.1 Å². The van der Waals surface area contributed by atoms with Gasteiger partial charge in [-0.3, -0.25) is 9.78 Å². The smallest absolute Gasteiger partial charge is 0.260 e. The van der Waals surface area contributed by atoms with Crippen LogP contribution < -0.4 is 0 Å². The highest BCUT2D eigenvalue weighted by molar-refractivity contribution is 6.00. The van der Waals surface area contributed by atoms with Gasteiger partial charge in [0.2, 0.25) is 0 Å². The van der Waals surface area contributed by atoms with Gasteiger partial charge >= 0.3 is 0 Å². The third-order valence-electron chi connectivity index (χ3n) is 4.86. The first kappa shape index (κ1) is 16.4. The second kappa shape index (κ2) is 6.37. The van der Waals surface area contributed by atoms with Crippen LogP contribution in [-0.4, -0.2) is 27.5 Å². The molecule has 5 nitrogen and oxygen atoms in total. The van der Waals surface area contributed by atoms with Crippen LogP contribution in [0.3, 0.4) is 0 Å². The van der Waals surface area contributed by atoms with E-state index in [9.17, 15) is 9.18 Å². The van der Waals surface area contributed by atoms with Crippen molar-refractivity contribution in [1.29, 1.82) is 0 Å². The molecule has 1 amide bonds. The maximum atomic E-state index is 14.3. The van der Waals surface area contributed by atoms with Crippen molar-refractivity contribution in [3.8, 4) is 11.4 Å². The second-order valence-electron chi connectivity index (χ2n) is 6.48. The summed E-state index contributed by atoms with van der Waals surface area (Å²) in [5, 5.41) is 4.02. The van der Waals surface area contributed by atoms with Gasteiger partial charge in [0.25, 0.3) is 5.91 Å². The Hall–Kier alpha value is -3.02. The first-order chi connectivity index (χ1) is 12.6. The fraction of sp³-hybridized carbons (Fsp3) is 0.250. The Labute approximate surface area is 150 Å². The van der Waals surface area contributed by atoms with Crippen LogP contribution >= 0.6 is 0 Å². The molecule has 0 bridgehead atoms. The lowest BCUT2D eigenvalue weighted by molar-refractivity contribution is 0.0731. The van der Waals surface area contributed by atoms with Gasteiger partial charge in [-0.2, -0.15) is 0 Å². The highest BCUT2D eigenvalue weighted by Gasteiger charge is 2.30. The number of pyridine rings is 1. The van der Waals surface area contributed by atoms with Crippen LogP contribution in [0, 0.1) is 19.7 Å². The Morgan fingerprint density at radius 3 is 2.81 bits per heavy atom. The first-order valence-electron chi connectivity index (χ1n) is 8.50. The molecule has 132 valence electrons. The van der Waals surface area contributed by atoms with E-state index in [4.69, 9.17) is 4.52 Å². The van der Waals surface area contributed by atoms with Gasteiger partial charge in [-0.25, -0.2) is 4.39 Å². The average Bonchev–Trinajstić information content (AvgIpc) is 3.06. The zero-order valence-corrected chi connectivity index (χ0v) is 14.6. The number of fused-ring (bicyclic) bond motifs is 1. The summed E-state index contributed by atoms with van der Waals surface area (Å²) in [5.74, 6) is -0.0442. The standard InChI is InChI=1S/C20H18FN3O2/c1-12-6-7-16(21)15-11-24(10-8-14(12)15)20(25)18-13(2)26-23-19(18)17-5-3-4-9-22-17/h3-7,9H,8,10-11H2,1-2H3.